The van der Waals surface area contributed by atoms with E-state index in [1.165, 1.54) is 244 Å². The van der Waals surface area contributed by atoms with Gasteiger partial charge in [-0.2, -0.15) is 0 Å². The summed E-state index contributed by atoms with van der Waals surface area (Å²) in [7, 11) is 1.63. The molecular weight excluding hydrogens is 864 g/mol. The molecule has 68 heavy (non-hydrogen) atoms. The zero-order chi connectivity index (χ0) is 49.9. The third-order valence-electron chi connectivity index (χ3n) is 14.4. The highest BCUT2D eigenvalue weighted by Crippen LogP contribution is 2.43. The third kappa shape index (κ3) is 53.3. The molecule has 1 amide bonds. The number of carbonyl (C=O) groups is 1. The number of amides is 1. The van der Waals surface area contributed by atoms with Crippen LogP contribution in [-0.2, 0) is 18.4 Å². The SMILES string of the molecule is CCCCCCCCCCCCCCCCCCCCCCCCCCCCCCCCCCCCCCCCCCCC(=O)NC(COP(=O)(O)OCC[N+](C)(C)C)C(O)CCCCCCC. The Morgan fingerprint density at radius 3 is 0.985 bits per heavy atom. The molecule has 3 atom stereocenters. The summed E-state index contributed by atoms with van der Waals surface area (Å²) in [5.74, 6) is -0.144. The average Bonchev–Trinajstić information content (AvgIpc) is 3.30. The van der Waals surface area contributed by atoms with Crippen molar-refractivity contribution in [1.82, 2.24) is 5.32 Å². The number of aliphatic hydroxyl groups excluding tert-OH is 1. The maximum absolute atomic E-state index is 12.8. The molecule has 0 spiro atoms. The first-order valence-electron chi connectivity index (χ1n) is 30.4. The Morgan fingerprint density at radius 2 is 0.706 bits per heavy atom. The van der Waals surface area contributed by atoms with Gasteiger partial charge in [-0.1, -0.05) is 303 Å². The minimum atomic E-state index is -4.30. The molecule has 0 rings (SSSR count). The Kier molecular flexibility index (Phi) is 51.0. The van der Waals surface area contributed by atoms with Gasteiger partial charge in [0.1, 0.15) is 13.2 Å². The van der Waals surface area contributed by atoms with E-state index in [1.807, 2.05) is 21.1 Å². The second-order valence-corrected chi connectivity index (χ2v) is 23.9. The predicted octanol–water partition coefficient (Wildman–Crippen LogP) is 18.4. The Labute approximate surface area is 425 Å². The number of unbranched alkanes of at least 4 members (excludes halogenated alkanes) is 44. The molecular formula is C59H122N2O6P+. The molecule has 8 nitrogen and oxygen atoms in total. The van der Waals surface area contributed by atoms with Gasteiger partial charge < -0.3 is 19.8 Å². The summed E-state index contributed by atoms with van der Waals surface area (Å²) in [4.78, 5) is 23.0. The molecule has 9 heteroatoms. The zero-order valence-electron chi connectivity index (χ0n) is 46.6. The quantitative estimate of drug-likeness (QED) is 0.0319. The third-order valence-corrected chi connectivity index (χ3v) is 15.3. The molecule has 0 aromatic carbocycles. The predicted molar refractivity (Wildman–Crippen MR) is 296 cm³/mol. The summed E-state index contributed by atoms with van der Waals surface area (Å²) in [5.41, 5.74) is 0. The van der Waals surface area contributed by atoms with Gasteiger partial charge in [0.05, 0.1) is 39.9 Å². The fourth-order valence-electron chi connectivity index (χ4n) is 9.58. The number of rotatable bonds is 57. The maximum Gasteiger partial charge on any atom is 0.472 e. The van der Waals surface area contributed by atoms with Crippen molar-refractivity contribution in [3.63, 3.8) is 0 Å². The highest BCUT2D eigenvalue weighted by atomic mass is 31.2. The maximum atomic E-state index is 12.8. The summed E-state index contributed by atoms with van der Waals surface area (Å²) in [6.45, 7) is 4.84. The van der Waals surface area contributed by atoms with E-state index in [0.29, 0.717) is 23.9 Å². The van der Waals surface area contributed by atoms with Crippen molar-refractivity contribution in [3.8, 4) is 0 Å². The van der Waals surface area contributed by atoms with E-state index >= 15 is 0 Å². The summed E-state index contributed by atoms with van der Waals surface area (Å²) in [5, 5.41) is 13.8. The van der Waals surface area contributed by atoms with Crippen LogP contribution in [0.2, 0.25) is 0 Å². The van der Waals surface area contributed by atoms with Crippen LogP contribution in [0.25, 0.3) is 0 Å². The lowest BCUT2D eigenvalue weighted by molar-refractivity contribution is -0.870. The van der Waals surface area contributed by atoms with Gasteiger partial charge in [0.2, 0.25) is 5.91 Å². The number of phosphoric ester groups is 1. The van der Waals surface area contributed by atoms with Gasteiger partial charge >= 0.3 is 7.82 Å². The standard InChI is InChI=1S/C59H121N2O6P/c1-6-8-10-12-13-14-15-16-17-18-19-20-21-22-23-24-25-26-27-28-29-30-31-32-33-34-35-36-37-38-39-40-41-42-43-44-45-46-47-49-51-53-59(63)60-57(58(62)52-50-48-11-9-7-2)56-67-68(64,65)66-55-54-61(3,4)5/h57-58,62H,6-56H2,1-5H3,(H-,60,63,64,65)/p+1. The molecule has 0 aromatic rings. The number of quaternary nitrogens is 1. The fourth-order valence-corrected chi connectivity index (χ4v) is 10.3. The highest BCUT2D eigenvalue weighted by Gasteiger charge is 2.28. The van der Waals surface area contributed by atoms with E-state index in [1.54, 1.807) is 0 Å². The molecule has 0 saturated heterocycles. The normalized spacial score (nSPS) is 13.8. The van der Waals surface area contributed by atoms with E-state index in [0.717, 1.165) is 51.4 Å². The van der Waals surface area contributed by atoms with Crippen LogP contribution in [0.5, 0.6) is 0 Å². The Morgan fingerprint density at radius 1 is 0.441 bits per heavy atom. The van der Waals surface area contributed by atoms with Crippen molar-refractivity contribution >= 4 is 13.7 Å². The molecule has 3 unspecified atom stereocenters. The van der Waals surface area contributed by atoms with Crippen LogP contribution in [0.1, 0.15) is 322 Å². The molecule has 3 N–H and O–H groups in total. The molecule has 0 radical (unpaired) electrons. The first-order chi connectivity index (χ1) is 33.0. The van der Waals surface area contributed by atoms with Gasteiger partial charge in [0.15, 0.2) is 0 Å². The number of nitrogens with zero attached hydrogens (tertiary/aromatic N) is 1. The van der Waals surface area contributed by atoms with Crippen molar-refractivity contribution in [2.75, 3.05) is 40.9 Å². The number of hydrogen-bond acceptors (Lipinski definition) is 5. The summed E-state index contributed by atoms with van der Waals surface area (Å²) in [6.07, 6.45) is 62.7. The minimum Gasteiger partial charge on any atom is -0.391 e. The van der Waals surface area contributed by atoms with Crippen molar-refractivity contribution < 1.29 is 32.9 Å². The number of aliphatic hydroxyl groups is 1. The number of nitrogens with one attached hydrogen (secondary N) is 1. The molecule has 0 bridgehead atoms. The van der Waals surface area contributed by atoms with Crippen molar-refractivity contribution in [2.24, 2.45) is 0 Å². The Bertz CT molecular complexity index is 1070. The van der Waals surface area contributed by atoms with Crippen LogP contribution < -0.4 is 5.32 Å². The van der Waals surface area contributed by atoms with E-state index in [4.69, 9.17) is 9.05 Å². The van der Waals surface area contributed by atoms with Crippen LogP contribution in [0, 0.1) is 0 Å². The lowest BCUT2D eigenvalue weighted by atomic mass is 10.0. The topological polar surface area (TPSA) is 105 Å². The molecule has 408 valence electrons. The van der Waals surface area contributed by atoms with Crippen molar-refractivity contribution in [2.45, 2.75) is 334 Å². The van der Waals surface area contributed by atoms with E-state index in [-0.39, 0.29) is 19.1 Å². The van der Waals surface area contributed by atoms with E-state index in [2.05, 4.69) is 19.2 Å². The van der Waals surface area contributed by atoms with Gasteiger partial charge in [0.25, 0.3) is 0 Å². The molecule has 0 aliphatic heterocycles. The summed E-state index contributed by atoms with van der Waals surface area (Å²) < 4.78 is 23.5. The van der Waals surface area contributed by atoms with Crippen molar-refractivity contribution in [3.05, 3.63) is 0 Å². The van der Waals surface area contributed by atoms with E-state index in [9.17, 15) is 19.4 Å². The van der Waals surface area contributed by atoms with Gasteiger partial charge in [-0.15, -0.1) is 0 Å². The Hall–Kier alpha value is -0.500. The minimum absolute atomic E-state index is 0.0775. The van der Waals surface area contributed by atoms with Crippen LogP contribution >= 0.6 is 7.82 Å². The van der Waals surface area contributed by atoms with Crippen molar-refractivity contribution in [1.29, 1.82) is 0 Å². The van der Waals surface area contributed by atoms with Gasteiger partial charge in [0, 0.05) is 6.42 Å². The zero-order valence-corrected chi connectivity index (χ0v) is 47.5. The van der Waals surface area contributed by atoms with Crippen LogP contribution in [0.15, 0.2) is 0 Å². The second-order valence-electron chi connectivity index (χ2n) is 22.4. The Balaban J connectivity index is 3.58. The van der Waals surface area contributed by atoms with Crippen LogP contribution in [0.3, 0.4) is 0 Å². The number of likely N-dealkylation sites (N-methyl/N-ethyl adjacent to an activating group) is 1. The summed E-state index contributed by atoms with van der Waals surface area (Å²) >= 11 is 0. The lowest BCUT2D eigenvalue weighted by Gasteiger charge is -2.26. The molecule has 0 saturated carbocycles. The first kappa shape index (κ1) is 67.5. The fraction of sp³-hybridized carbons (Fsp3) is 0.983. The molecule has 0 heterocycles. The number of carbonyl (C=O) groups excluding carboxylic acids is 1. The average molecular weight is 987 g/mol. The summed E-state index contributed by atoms with van der Waals surface area (Å²) in [6, 6.07) is -0.751. The van der Waals surface area contributed by atoms with Crippen LogP contribution in [-0.4, -0.2) is 73.4 Å². The smallest absolute Gasteiger partial charge is 0.391 e. The lowest BCUT2D eigenvalue weighted by Crippen LogP contribution is -2.46. The monoisotopic (exact) mass is 986 g/mol. The largest absolute Gasteiger partial charge is 0.472 e. The number of hydrogen-bond donors (Lipinski definition) is 3. The highest BCUT2D eigenvalue weighted by molar-refractivity contribution is 7.47. The molecule has 0 aliphatic rings. The molecule has 0 aromatic heterocycles. The first-order valence-corrected chi connectivity index (χ1v) is 31.9. The second kappa shape index (κ2) is 51.4. The van der Waals surface area contributed by atoms with Crippen LogP contribution in [0.4, 0.5) is 0 Å². The van der Waals surface area contributed by atoms with E-state index < -0.39 is 20.0 Å². The molecule has 0 aliphatic carbocycles. The van der Waals surface area contributed by atoms with Gasteiger partial charge in [-0.25, -0.2) is 4.57 Å². The van der Waals surface area contributed by atoms with Gasteiger partial charge in [-0.05, 0) is 12.8 Å². The number of phosphoric acid groups is 1. The van der Waals surface area contributed by atoms with Gasteiger partial charge in [-0.3, -0.25) is 13.8 Å². The molecule has 0 fully saturated rings.